The molecule has 8 heteroatoms. The average molecular weight is 367 g/mol. The molecule has 1 aromatic carbocycles. The number of ether oxygens (including phenoxy) is 1. The first-order valence-electron chi connectivity index (χ1n) is 9.07. The van der Waals surface area contributed by atoms with Crippen LogP contribution in [0.4, 0.5) is 5.69 Å². The molecule has 0 fully saturated rings. The van der Waals surface area contributed by atoms with Crippen molar-refractivity contribution in [3.05, 3.63) is 41.9 Å². The molecule has 1 amide bonds. The number of anilines is 1. The lowest BCUT2D eigenvalue weighted by molar-refractivity contribution is -0.118. The maximum absolute atomic E-state index is 12.1. The molecule has 140 valence electrons. The highest BCUT2D eigenvalue weighted by Crippen LogP contribution is 2.24. The Bertz CT molecular complexity index is 946. The van der Waals surface area contributed by atoms with Gasteiger partial charge in [0.05, 0.1) is 0 Å². The minimum atomic E-state index is -0.270. The first kappa shape index (κ1) is 17.3. The number of nitrogens with one attached hydrogen (secondary N) is 1. The predicted molar refractivity (Wildman–Crippen MR) is 98.4 cm³/mol. The summed E-state index contributed by atoms with van der Waals surface area (Å²) in [6.07, 6.45) is 4.46. The van der Waals surface area contributed by atoms with Gasteiger partial charge in [-0.25, -0.2) is 0 Å². The Morgan fingerprint density at radius 1 is 1.26 bits per heavy atom. The van der Waals surface area contributed by atoms with Crippen LogP contribution in [0.2, 0.25) is 0 Å². The van der Waals surface area contributed by atoms with Crippen molar-refractivity contribution in [3.63, 3.8) is 0 Å². The maximum Gasteiger partial charge on any atom is 0.262 e. The number of hydrogen-bond acceptors (Lipinski definition) is 6. The molecule has 1 aliphatic heterocycles. The smallest absolute Gasteiger partial charge is 0.262 e. The van der Waals surface area contributed by atoms with Crippen LogP contribution in [-0.2, 0) is 17.8 Å². The van der Waals surface area contributed by atoms with E-state index >= 15 is 0 Å². The van der Waals surface area contributed by atoms with Crippen LogP contribution >= 0.6 is 0 Å². The van der Waals surface area contributed by atoms with Crippen molar-refractivity contribution in [2.24, 2.45) is 0 Å². The summed E-state index contributed by atoms with van der Waals surface area (Å²) in [6, 6.07) is 9.24. The summed E-state index contributed by atoms with van der Waals surface area (Å²) < 4.78 is 12.4. The van der Waals surface area contributed by atoms with E-state index in [1.54, 1.807) is 13.0 Å². The van der Waals surface area contributed by atoms with E-state index in [0.717, 1.165) is 43.0 Å². The van der Waals surface area contributed by atoms with Gasteiger partial charge in [0.25, 0.3) is 11.8 Å². The van der Waals surface area contributed by atoms with Crippen molar-refractivity contribution in [1.82, 2.24) is 19.9 Å². The fourth-order valence-corrected chi connectivity index (χ4v) is 3.18. The molecule has 0 saturated heterocycles. The highest BCUT2D eigenvalue weighted by Gasteiger charge is 2.16. The Balaban J connectivity index is 1.45. The van der Waals surface area contributed by atoms with Gasteiger partial charge in [-0.2, -0.15) is 0 Å². The highest BCUT2D eigenvalue weighted by atomic mass is 16.5. The molecule has 0 unspecified atom stereocenters. The lowest BCUT2D eigenvalue weighted by Gasteiger charge is -2.09. The van der Waals surface area contributed by atoms with E-state index in [1.807, 2.05) is 24.3 Å². The summed E-state index contributed by atoms with van der Waals surface area (Å²) in [6.45, 7) is 2.55. The third kappa shape index (κ3) is 3.99. The topological polar surface area (TPSA) is 95.1 Å². The monoisotopic (exact) mass is 367 g/mol. The van der Waals surface area contributed by atoms with Gasteiger partial charge in [-0.15, -0.1) is 10.2 Å². The van der Waals surface area contributed by atoms with Gasteiger partial charge in [0.2, 0.25) is 0 Å². The average Bonchev–Trinajstić information content (AvgIpc) is 3.19. The normalized spacial score (nSPS) is 13.7. The molecule has 2 aromatic heterocycles. The Kier molecular flexibility index (Phi) is 4.86. The minimum absolute atomic E-state index is 0.142. The van der Waals surface area contributed by atoms with E-state index in [4.69, 9.17) is 9.26 Å². The molecule has 0 spiro atoms. The standard InChI is InChI=1S/C19H21N5O3/c1-13-10-18(23-27-13)26-12-17(25)20-15-7-5-6-14(11-15)19-22-21-16-8-3-2-4-9-24(16)19/h5-7,10-11H,2-4,8-9,12H2,1H3,(H,20,25). The number of fused-ring (bicyclic) bond motifs is 1. The van der Waals surface area contributed by atoms with Crippen molar-refractivity contribution in [1.29, 1.82) is 0 Å². The van der Waals surface area contributed by atoms with Gasteiger partial charge >= 0.3 is 0 Å². The van der Waals surface area contributed by atoms with Gasteiger partial charge in [0.15, 0.2) is 12.4 Å². The zero-order chi connectivity index (χ0) is 18.6. The van der Waals surface area contributed by atoms with Crippen molar-refractivity contribution >= 4 is 11.6 Å². The SMILES string of the molecule is Cc1cc(OCC(=O)Nc2cccc(-c3nnc4n3CCCCC4)c2)no1. The maximum atomic E-state index is 12.1. The largest absolute Gasteiger partial charge is 0.465 e. The Morgan fingerprint density at radius 3 is 3.04 bits per heavy atom. The zero-order valence-corrected chi connectivity index (χ0v) is 15.1. The summed E-state index contributed by atoms with van der Waals surface area (Å²) in [5, 5.41) is 15.2. The summed E-state index contributed by atoms with van der Waals surface area (Å²) >= 11 is 0. The molecular formula is C19H21N5O3. The fourth-order valence-electron chi connectivity index (χ4n) is 3.18. The van der Waals surface area contributed by atoms with Crippen LogP contribution in [0.15, 0.2) is 34.9 Å². The van der Waals surface area contributed by atoms with Crippen molar-refractivity contribution in [2.75, 3.05) is 11.9 Å². The van der Waals surface area contributed by atoms with Crippen LogP contribution in [0.5, 0.6) is 5.88 Å². The number of amides is 1. The van der Waals surface area contributed by atoms with Crippen LogP contribution in [-0.4, -0.2) is 32.4 Å². The number of benzene rings is 1. The summed E-state index contributed by atoms with van der Waals surface area (Å²) in [4.78, 5) is 12.1. The van der Waals surface area contributed by atoms with E-state index in [9.17, 15) is 4.79 Å². The van der Waals surface area contributed by atoms with Gasteiger partial charge in [0.1, 0.15) is 11.6 Å². The molecule has 0 atom stereocenters. The summed E-state index contributed by atoms with van der Waals surface area (Å²) in [5.74, 6) is 2.53. The van der Waals surface area contributed by atoms with E-state index in [-0.39, 0.29) is 12.5 Å². The van der Waals surface area contributed by atoms with E-state index in [1.165, 1.54) is 6.42 Å². The molecule has 4 rings (SSSR count). The first-order chi connectivity index (χ1) is 13.2. The molecule has 1 aliphatic rings. The number of carbonyl (C=O) groups is 1. The van der Waals surface area contributed by atoms with Crippen LogP contribution in [0.1, 0.15) is 30.8 Å². The number of carbonyl (C=O) groups excluding carboxylic acids is 1. The zero-order valence-electron chi connectivity index (χ0n) is 15.1. The number of nitrogens with zero attached hydrogens (tertiary/aromatic N) is 4. The molecule has 3 heterocycles. The highest BCUT2D eigenvalue weighted by molar-refractivity contribution is 5.92. The Hall–Kier alpha value is -3.16. The fraction of sp³-hybridized carbons (Fsp3) is 0.368. The lowest BCUT2D eigenvalue weighted by atomic mass is 10.2. The van der Waals surface area contributed by atoms with E-state index in [2.05, 4.69) is 25.2 Å². The molecule has 3 aromatic rings. The van der Waals surface area contributed by atoms with Gasteiger partial charge in [-0.3, -0.25) is 4.79 Å². The second-order valence-electron chi connectivity index (χ2n) is 6.60. The molecule has 0 saturated carbocycles. The molecule has 0 aliphatic carbocycles. The molecule has 8 nitrogen and oxygen atoms in total. The number of aryl methyl sites for hydroxylation is 2. The quantitative estimate of drug-likeness (QED) is 0.745. The third-order valence-electron chi connectivity index (χ3n) is 4.47. The predicted octanol–water partition coefficient (Wildman–Crippen LogP) is 2.99. The van der Waals surface area contributed by atoms with Crippen LogP contribution in [0.3, 0.4) is 0 Å². The van der Waals surface area contributed by atoms with Crippen molar-refractivity contribution < 1.29 is 14.1 Å². The van der Waals surface area contributed by atoms with Crippen molar-refractivity contribution in [2.45, 2.75) is 39.2 Å². The summed E-state index contributed by atoms with van der Waals surface area (Å²) in [5.41, 5.74) is 1.62. The minimum Gasteiger partial charge on any atom is -0.465 e. The lowest BCUT2D eigenvalue weighted by Crippen LogP contribution is -2.20. The van der Waals surface area contributed by atoms with Crippen molar-refractivity contribution in [3.8, 4) is 17.3 Å². The molecule has 27 heavy (non-hydrogen) atoms. The van der Waals surface area contributed by atoms with Crippen LogP contribution in [0.25, 0.3) is 11.4 Å². The summed E-state index contributed by atoms with van der Waals surface area (Å²) in [7, 11) is 0. The second-order valence-corrected chi connectivity index (χ2v) is 6.60. The van der Waals surface area contributed by atoms with Gasteiger partial charge < -0.3 is 19.1 Å². The molecule has 0 radical (unpaired) electrons. The second kappa shape index (κ2) is 7.61. The first-order valence-corrected chi connectivity index (χ1v) is 9.07. The van der Waals surface area contributed by atoms with E-state index < -0.39 is 0 Å². The van der Waals surface area contributed by atoms with E-state index in [0.29, 0.717) is 17.3 Å². The third-order valence-corrected chi connectivity index (χ3v) is 4.47. The van der Waals surface area contributed by atoms with Gasteiger partial charge in [-0.05, 0) is 37.1 Å². The van der Waals surface area contributed by atoms with Gasteiger partial charge in [-0.1, -0.05) is 18.6 Å². The molecule has 1 N–H and O–H groups in total. The number of rotatable bonds is 5. The van der Waals surface area contributed by atoms with Gasteiger partial charge in [0, 0.05) is 30.3 Å². The Morgan fingerprint density at radius 2 is 2.19 bits per heavy atom. The number of hydrogen-bond donors (Lipinski definition) is 1. The van der Waals surface area contributed by atoms with Crippen LogP contribution < -0.4 is 10.1 Å². The molecular weight excluding hydrogens is 346 g/mol. The van der Waals surface area contributed by atoms with Crippen LogP contribution in [0, 0.1) is 6.92 Å². The molecule has 0 bridgehead atoms. The number of aromatic nitrogens is 4. The Labute approximate surface area is 156 Å².